The van der Waals surface area contributed by atoms with Gasteiger partial charge in [-0.2, -0.15) is 5.26 Å². The van der Waals surface area contributed by atoms with Crippen molar-refractivity contribution in [1.82, 2.24) is 0 Å². The predicted molar refractivity (Wildman–Crippen MR) is 105 cm³/mol. The minimum Gasteiger partial charge on any atom is -0.501 e. The molecule has 146 valence electrons. The summed E-state index contributed by atoms with van der Waals surface area (Å²) in [6, 6.07) is 4.29. The van der Waals surface area contributed by atoms with Gasteiger partial charge in [-0.15, -0.1) is 0 Å². The molecule has 1 saturated carbocycles. The minimum absolute atomic E-state index is 0.188. The molecule has 5 heteroatoms. The zero-order chi connectivity index (χ0) is 19.5. The average Bonchev–Trinajstić information content (AvgIpc) is 3.17. The fraction of sp³-hybridized carbons (Fsp3) is 0.500. The van der Waals surface area contributed by atoms with Crippen LogP contribution in [0, 0.1) is 11.3 Å². The third kappa shape index (κ3) is 5.68. The first-order valence-corrected chi connectivity index (χ1v) is 9.45. The van der Waals surface area contributed by atoms with Crippen LogP contribution in [0.1, 0.15) is 42.4 Å². The monoisotopic (exact) mass is 371 g/mol. The van der Waals surface area contributed by atoms with E-state index in [-0.39, 0.29) is 6.10 Å². The number of benzene rings is 1. The molecule has 0 bridgehead atoms. The molecule has 1 aromatic rings. The van der Waals surface area contributed by atoms with Gasteiger partial charge in [0.1, 0.15) is 0 Å². The van der Waals surface area contributed by atoms with Crippen molar-refractivity contribution in [2.75, 3.05) is 20.3 Å². The molecule has 1 aromatic carbocycles. The van der Waals surface area contributed by atoms with Crippen LogP contribution < -0.4 is 9.47 Å². The standard InChI is InChI=1S/C22H29NO4/c1-4-25-14-11-18-16-17(10-13-23)20(12-15-26-5-2)22(21(18)24-3)27-19-8-6-7-9-19/h4-5,16,19H,1-2,6-12,14-15H2,3H3. The average molecular weight is 371 g/mol. The lowest BCUT2D eigenvalue weighted by molar-refractivity contribution is 0.194. The fourth-order valence-electron chi connectivity index (χ4n) is 3.51. The van der Waals surface area contributed by atoms with Gasteiger partial charge in [-0.3, -0.25) is 0 Å². The van der Waals surface area contributed by atoms with E-state index >= 15 is 0 Å². The Hall–Kier alpha value is -2.61. The molecule has 0 unspecified atom stereocenters. The highest BCUT2D eigenvalue weighted by Gasteiger charge is 2.25. The summed E-state index contributed by atoms with van der Waals surface area (Å²) in [7, 11) is 1.66. The summed E-state index contributed by atoms with van der Waals surface area (Å²) in [6.07, 6.45) is 9.09. The smallest absolute Gasteiger partial charge is 0.165 e. The van der Waals surface area contributed by atoms with Crippen LogP contribution in [0.15, 0.2) is 31.7 Å². The Balaban J connectivity index is 2.45. The second-order valence-corrected chi connectivity index (χ2v) is 6.47. The van der Waals surface area contributed by atoms with E-state index in [2.05, 4.69) is 19.2 Å². The first-order valence-electron chi connectivity index (χ1n) is 9.45. The van der Waals surface area contributed by atoms with Crippen LogP contribution in [0.4, 0.5) is 0 Å². The van der Waals surface area contributed by atoms with E-state index in [0.29, 0.717) is 32.5 Å². The van der Waals surface area contributed by atoms with E-state index < -0.39 is 0 Å². The maximum Gasteiger partial charge on any atom is 0.165 e. The summed E-state index contributed by atoms with van der Waals surface area (Å²) in [4.78, 5) is 0. The van der Waals surface area contributed by atoms with Gasteiger partial charge in [-0.25, -0.2) is 0 Å². The molecular formula is C22H29NO4. The molecule has 0 N–H and O–H groups in total. The van der Waals surface area contributed by atoms with Crippen LogP contribution in [0.25, 0.3) is 0 Å². The van der Waals surface area contributed by atoms with Gasteiger partial charge in [0.2, 0.25) is 0 Å². The topological polar surface area (TPSA) is 60.7 Å². The van der Waals surface area contributed by atoms with Crippen LogP contribution in [-0.4, -0.2) is 26.4 Å². The second kappa shape index (κ2) is 11.2. The van der Waals surface area contributed by atoms with Crippen molar-refractivity contribution in [3.8, 4) is 17.6 Å². The molecule has 0 aromatic heterocycles. The SMILES string of the molecule is C=COCCc1cc(CC#N)c(CCOC=C)c(OC2CCCC2)c1OC. The Labute approximate surface area is 162 Å². The van der Waals surface area contributed by atoms with Crippen molar-refractivity contribution in [3.05, 3.63) is 48.4 Å². The van der Waals surface area contributed by atoms with E-state index in [4.69, 9.17) is 18.9 Å². The summed E-state index contributed by atoms with van der Waals surface area (Å²) >= 11 is 0. The number of nitrogens with zero attached hydrogens (tertiary/aromatic N) is 1. The van der Waals surface area contributed by atoms with Gasteiger partial charge in [0.15, 0.2) is 11.5 Å². The van der Waals surface area contributed by atoms with Crippen molar-refractivity contribution >= 4 is 0 Å². The van der Waals surface area contributed by atoms with Crippen molar-refractivity contribution in [3.63, 3.8) is 0 Å². The number of nitriles is 1. The van der Waals surface area contributed by atoms with E-state index in [1.165, 1.54) is 25.4 Å². The molecule has 2 rings (SSSR count). The lowest BCUT2D eigenvalue weighted by atomic mass is 9.95. The molecule has 0 spiro atoms. The first kappa shape index (κ1) is 20.7. The summed E-state index contributed by atoms with van der Waals surface area (Å²) < 4.78 is 22.8. The second-order valence-electron chi connectivity index (χ2n) is 6.47. The molecule has 0 atom stereocenters. The van der Waals surface area contributed by atoms with Crippen molar-refractivity contribution in [1.29, 1.82) is 5.26 Å². The summed E-state index contributed by atoms with van der Waals surface area (Å²) in [6.45, 7) is 8.14. The summed E-state index contributed by atoms with van der Waals surface area (Å²) in [5, 5.41) is 9.31. The quantitative estimate of drug-likeness (QED) is 0.400. The molecule has 5 nitrogen and oxygen atoms in total. The lowest BCUT2D eigenvalue weighted by Gasteiger charge is -2.23. The van der Waals surface area contributed by atoms with Gasteiger partial charge in [-0.1, -0.05) is 19.2 Å². The van der Waals surface area contributed by atoms with Gasteiger partial charge in [0.25, 0.3) is 0 Å². The van der Waals surface area contributed by atoms with Gasteiger partial charge in [-0.05, 0) is 31.2 Å². The highest BCUT2D eigenvalue weighted by Crippen LogP contribution is 2.40. The Morgan fingerprint density at radius 1 is 1.07 bits per heavy atom. The molecule has 1 aliphatic rings. The van der Waals surface area contributed by atoms with Crippen molar-refractivity contribution in [2.24, 2.45) is 0 Å². The maximum absolute atomic E-state index is 9.31. The van der Waals surface area contributed by atoms with E-state index in [0.717, 1.165) is 41.0 Å². The van der Waals surface area contributed by atoms with Crippen molar-refractivity contribution < 1.29 is 18.9 Å². The number of hydrogen-bond acceptors (Lipinski definition) is 5. The van der Waals surface area contributed by atoms with Crippen LogP contribution in [0.5, 0.6) is 11.5 Å². The molecule has 1 aliphatic carbocycles. The predicted octanol–water partition coefficient (Wildman–Crippen LogP) is 4.49. The molecule has 0 heterocycles. The normalized spacial score (nSPS) is 13.6. The van der Waals surface area contributed by atoms with Gasteiger partial charge in [0.05, 0.1) is 51.4 Å². The maximum atomic E-state index is 9.31. The molecule has 0 amide bonds. The van der Waals surface area contributed by atoms with Gasteiger partial charge < -0.3 is 18.9 Å². The minimum atomic E-state index is 0.188. The summed E-state index contributed by atoms with van der Waals surface area (Å²) in [5.41, 5.74) is 2.91. The van der Waals surface area contributed by atoms with Crippen LogP contribution in [-0.2, 0) is 28.7 Å². The zero-order valence-corrected chi connectivity index (χ0v) is 16.2. The largest absolute Gasteiger partial charge is 0.501 e. The number of rotatable bonds is 12. The third-order valence-electron chi connectivity index (χ3n) is 4.76. The highest BCUT2D eigenvalue weighted by atomic mass is 16.5. The third-order valence-corrected chi connectivity index (χ3v) is 4.76. The Bertz CT molecular complexity index is 672. The Kier molecular flexibility index (Phi) is 8.57. The number of ether oxygens (including phenoxy) is 4. The molecule has 27 heavy (non-hydrogen) atoms. The number of hydrogen-bond donors (Lipinski definition) is 0. The molecule has 0 saturated heterocycles. The summed E-state index contributed by atoms with van der Waals surface area (Å²) in [5.74, 6) is 1.48. The van der Waals surface area contributed by atoms with Crippen LogP contribution in [0.2, 0.25) is 0 Å². The van der Waals surface area contributed by atoms with Crippen LogP contribution in [0.3, 0.4) is 0 Å². The molecule has 1 fully saturated rings. The first-order chi connectivity index (χ1) is 13.2. The lowest BCUT2D eigenvalue weighted by Crippen LogP contribution is -2.16. The van der Waals surface area contributed by atoms with E-state index in [9.17, 15) is 5.26 Å². The molecular weight excluding hydrogens is 342 g/mol. The Morgan fingerprint density at radius 3 is 2.33 bits per heavy atom. The number of methoxy groups -OCH3 is 1. The van der Waals surface area contributed by atoms with Gasteiger partial charge >= 0.3 is 0 Å². The highest BCUT2D eigenvalue weighted by molar-refractivity contribution is 5.56. The van der Waals surface area contributed by atoms with Gasteiger partial charge in [0, 0.05) is 24.0 Å². The molecule has 0 radical (unpaired) electrons. The van der Waals surface area contributed by atoms with Crippen molar-refractivity contribution in [2.45, 2.75) is 51.0 Å². The van der Waals surface area contributed by atoms with Crippen LogP contribution >= 0.6 is 0 Å². The van der Waals surface area contributed by atoms with E-state index in [1.54, 1.807) is 7.11 Å². The Morgan fingerprint density at radius 2 is 1.74 bits per heavy atom. The fourth-order valence-corrected chi connectivity index (χ4v) is 3.51. The molecule has 0 aliphatic heterocycles. The zero-order valence-electron chi connectivity index (χ0n) is 16.2. The van der Waals surface area contributed by atoms with E-state index in [1.807, 2.05) is 6.07 Å².